The van der Waals surface area contributed by atoms with Crippen LogP contribution in [0.2, 0.25) is 0 Å². The average Bonchev–Trinajstić information content (AvgIpc) is 2.76. The van der Waals surface area contributed by atoms with Crippen molar-refractivity contribution in [2.45, 2.75) is 53.2 Å². The Kier molecular flexibility index (Phi) is 6.29. The third-order valence-electron chi connectivity index (χ3n) is 2.97. The molecule has 0 aromatic carbocycles. The fourth-order valence-electron chi connectivity index (χ4n) is 1.71. The van der Waals surface area contributed by atoms with E-state index in [4.69, 9.17) is 4.84 Å². The van der Waals surface area contributed by atoms with Crippen LogP contribution in [0.1, 0.15) is 46.2 Å². The number of carbonyl (C=O) groups is 1. The zero-order valence-corrected chi connectivity index (χ0v) is 13.3. The summed E-state index contributed by atoms with van der Waals surface area (Å²) in [7, 11) is 1.78. The van der Waals surface area contributed by atoms with Gasteiger partial charge in [-0.25, -0.2) is 4.68 Å². The molecule has 0 fully saturated rings. The Morgan fingerprint density at radius 3 is 2.50 bits per heavy atom. The quantitative estimate of drug-likeness (QED) is 0.681. The minimum atomic E-state index is -0.0679. The second kappa shape index (κ2) is 7.50. The summed E-state index contributed by atoms with van der Waals surface area (Å²) >= 11 is 0. The molecule has 1 heterocycles. The van der Waals surface area contributed by atoms with Crippen LogP contribution in [0.3, 0.4) is 0 Å². The second-order valence-corrected chi connectivity index (χ2v) is 5.84. The molecule has 20 heavy (non-hydrogen) atoms. The topological polar surface area (TPSA) is 60.2 Å². The minimum absolute atomic E-state index is 0.0280. The summed E-state index contributed by atoms with van der Waals surface area (Å²) in [6, 6.07) is 0. The molecule has 6 heteroatoms. The summed E-state index contributed by atoms with van der Waals surface area (Å²) in [5.74, 6) is 0.564. The smallest absolute Gasteiger partial charge is 0.151 e. The molecule has 0 radical (unpaired) electrons. The molecule has 0 N–H and O–H groups in total. The molecule has 0 aliphatic rings. The van der Waals surface area contributed by atoms with E-state index in [0.29, 0.717) is 19.0 Å². The molecule has 0 aliphatic carbocycles. The van der Waals surface area contributed by atoms with Crippen LogP contribution in [0, 0.1) is 5.92 Å². The summed E-state index contributed by atoms with van der Waals surface area (Å²) in [5.41, 5.74) is 0.973. The van der Waals surface area contributed by atoms with Crippen molar-refractivity contribution in [2.24, 2.45) is 5.92 Å². The van der Waals surface area contributed by atoms with Gasteiger partial charge in [-0.1, -0.05) is 32.9 Å². The number of hydrogen-bond donors (Lipinski definition) is 0. The van der Waals surface area contributed by atoms with Crippen molar-refractivity contribution in [3.05, 3.63) is 11.9 Å². The van der Waals surface area contributed by atoms with Crippen molar-refractivity contribution in [2.75, 3.05) is 13.6 Å². The highest BCUT2D eigenvalue weighted by molar-refractivity contribution is 5.82. The van der Waals surface area contributed by atoms with Gasteiger partial charge in [0.05, 0.1) is 24.9 Å². The van der Waals surface area contributed by atoms with Gasteiger partial charge in [0.15, 0.2) is 5.78 Å². The predicted molar refractivity (Wildman–Crippen MR) is 77.1 cm³/mol. The van der Waals surface area contributed by atoms with Gasteiger partial charge in [0.1, 0.15) is 0 Å². The van der Waals surface area contributed by atoms with Crippen LogP contribution in [-0.4, -0.2) is 45.5 Å². The summed E-state index contributed by atoms with van der Waals surface area (Å²) < 4.78 is 1.78. The first-order valence-electron chi connectivity index (χ1n) is 7.10. The first kappa shape index (κ1) is 16.8. The number of hydroxylamine groups is 2. The Balaban J connectivity index is 2.42. The Labute approximate surface area is 121 Å². The van der Waals surface area contributed by atoms with Gasteiger partial charge >= 0.3 is 0 Å². The van der Waals surface area contributed by atoms with Crippen LogP contribution in [0.4, 0.5) is 0 Å². The fourth-order valence-corrected chi connectivity index (χ4v) is 1.71. The largest absolute Gasteiger partial charge is 0.298 e. The molecule has 1 unspecified atom stereocenters. The molecule has 1 aromatic rings. The van der Waals surface area contributed by atoms with Crippen LogP contribution in [0.15, 0.2) is 6.20 Å². The Bertz CT molecular complexity index is 429. The SMILES string of the molecule is CC(Cn1cc(C(C)C)nn1)ON(C)CC(=O)C(C)C. The van der Waals surface area contributed by atoms with Gasteiger partial charge in [-0.2, -0.15) is 5.06 Å². The van der Waals surface area contributed by atoms with E-state index < -0.39 is 0 Å². The van der Waals surface area contributed by atoms with E-state index in [0.717, 1.165) is 5.69 Å². The summed E-state index contributed by atoms with van der Waals surface area (Å²) in [6.07, 6.45) is 1.87. The normalized spacial score (nSPS) is 13.4. The van der Waals surface area contributed by atoms with Crippen LogP contribution in [-0.2, 0) is 16.2 Å². The standard InChI is InChI=1S/C14H26N4O2/c1-10(2)13-8-18(16-15-13)7-12(5)20-17(6)9-14(19)11(3)4/h8,10-12H,7,9H2,1-6H3. The lowest BCUT2D eigenvalue weighted by Gasteiger charge is -2.21. The lowest BCUT2D eigenvalue weighted by Crippen LogP contribution is -2.33. The molecule has 0 bridgehead atoms. The van der Waals surface area contributed by atoms with Crippen molar-refractivity contribution in [1.82, 2.24) is 20.1 Å². The lowest BCUT2D eigenvalue weighted by molar-refractivity contribution is -0.183. The number of rotatable bonds is 8. The molecule has 0 amide bonds. The van der Waals surface area contributed by atoms with Crippen LogP contribution in [0.25, 0.3) is 0 Å². The molecular formula is C14H26N4O2. The molecule has 0 saturated carbocycles. The van der Waals surface area contributed by atoms with Crippen molar-refractivity contribution >= 4 is 5.78 Å². The van der Waals surface area contributed by atoms with Gasteiger partial charge < -0.3 is 0 Å². The van der Waals surface area contributed by atoms with Gasteiger partial charge in [-0.3, -0.25) is 9.63 Å². The molecule has 1 rings (SSSR count). The number of Topliss-reactive ketones (excluding diaryl/α,β-unsaturated/α-hetero) is 1. The van der Waals surface area contributed by atoms with E-state index in [2.05, 4.69) is 24.2 Å². The van der Waals surface area contributed by atoms with Crippen LogP contribution < -0.4 is 0 Å². The predicted octanol–water partition coefficient (Wildman–Crippen LogP) is 1.88. The summed E-state index contributed by atoms with van der Waals surface area (Å²) in [6.45, 7) is 10.8. The van der Waals surface area contributed by atoms with Gasteiger partial charge in [0.25, 0.3) is 0 Å². The van der Waals surface area contributed by atoms with E-state index in [1.165, 1.54) is 0 Å². The van der Waals surface area contributed by atoms with Crippen molar-refractivity contribution in [1.29, 1.82) is 0 Å². The van der Waals surface area contributed by atoms with Gasteiger partial charge in [-0.05, 0) is 12.8 Å². The number of ketones is 1. The van der Waals surface area contributed by atoms with Crippen molar-refractivity contribution in [3.8, 4) is 0 Å². The van der Waals surface area contributed by atoms with Crippen molar-refractivity contribution < 1.29 is 9.63 Å². The van der Waals surface area contributed by atoms with Gasteiger partial charge in [0, 0.05) is 19.2 Å². The molecule has 114 valence electrons. The lowest BCUT2D eigenvalue weighted by atomic mass is 10.1. The van der Waals surface area contributed by atoms with Gasteiger partial charge in [-0.15, -0.1) is 5.10 Å². The third kappa shape index (κ3) is 5.38. The Morgan fingerprint density at radius 1 is 1.35 bits per heavy atom. The minimum Gasteiger partial charge on any atom is -0.298 e. The number of nitrogens with zero attached hydrogens (tertiary/aromatic N) is 4. The summed E-state index contributed by atoms with van der Waals surface area (Å²) in [5, 5.41) is 9.77. The van der Waals surface area contributed by atoms with Crippen molar-refractivity contribution in [3.63, 3.8) is 0 Å². The second-order valence-electron chi connectivity index (χ2n) is 5.84. The molecule has 0 spiro atoms. The van der Waals surface area contributed by atoms with Gasteiger partial charge in [0.2, 0.25) is 0 Å². The number of carbonyl (C=O) groups excluding carboxylic acids is 1. The van der Waals surface area contributed by atoms with E-state index in [9.17, 15) is 4.79 Å². The highest BCUT2D eigenvalue weighted by Crippen LogP contribution is 2.10. The average molecular weight is 282 g/mol. The molecule has 0 saturated heterocycles. The first-order chi connectivity index (χ1) is 9.29. The number of hydrogen-bond acceptors (Lipinski definition) is 5. The maximum absolute atomic E-state index is 11.6. The highest BCUT2D eigenvalue weighted by Gasteiger charge is 2.14. The monoisotopic (exact) mass is 282 g/mol. The Hall–Kier alpha value is -1.27. The van der Waals surface area contributed by atoms with E-state index in [1.54, 1.807) is 16.8 Å². The van der Waals surface area contributed by atoms with Crippen LogP contribution >= 0.6 is 0 Å². The molecular weight excluding hydrogens is 256 g/mol. The third-order valence-corrected chi connectivity index (χ3v) is 2.97. The molecule has 1 aromatic heterocycles. The van der Waals surface area contributed by atoms with E-state index >= 15 is 0 Å². The summed E-state index contributed by atoms with van der Waals surface area (Å²) in [4.78, 5) is 17.3. The number of likely N-dealkylation sites (N-methyl/N-ethyl adjacent to an activating group) is 1. The zero-order chi connectivity index (χ0) is 15.3. The zero-order valence-electron chi connectivity index (χ0n) is 13.3. The van der Waals surface area contributed by atoms with Crippen LogP contribution in [0.5, 0.6) is 0 Å². The highest BCUT2D eigenvalue weighted by atomic mass is 16.7. The number of aromatic nitrogens is 3. The fraction of sp³-hybridized carbons (Fsp3) is 0.786. The Morgan fingerprint density at radius 2 is 2.00 bits per heavy atom. The molecule has 1 atom stereocenters. The maximum Gasteiger partial charge on any atom is 0.151 e. The molecule has 0 aliphatic heterocycles. The van der Waals surface area contributed by atoms with E-state index in [-0.39, 0.29) is 17.8 Å². The molecule has 6 nitrogen and oxygen atoms in total. The first-order valence-corrected chi connectivity index (χ1v) is 7.10. The maximum atomic E-state index is 11.6. The van der Waals surface area contributed by atoms with E-state index in [1.807, 2.05) is 27.0 Å².